The van der Waals surface area contributed by atoms with Gasteiger partial charge in [0.15, 0.2) is 0 Å². The Morgan fingerprint density at radius 1 is 1.46 bits per heavy atom. The zero-order valence-corrected chi connectivity index (χ0v) is 8.46. The van der Waals surface area contributed by atoms with Gasteiger partial charge in [0.25, 0.3) is 0 Å². The van der Waals surface area contributed by atoms with E-state index in [4.69, 9.17) is 10.5 Å². The van der Waals surface area contributed by atoms with Crippen molar-refractivity contribution < 1.29 is 9.53 Å². The second-order valence-corrected chi connectivity index (χ2v) is 4.63. The molecule has 1 fully saturated rings. The molecule has 0 aromatic rings. The first kappa shape index (κ1) is 10.3. The smallest absolute Gasteiger partial charge is 0.407 e. The van der Waals surface area contributed by atoms with Crippen LogP contribution in [0.5, 0.6) is 0 Å². The maximum atomic E-state index is 11.2. The van der Waals surface area contributed by atoms with Crippen LogP contribution < -0.4 is 11.1 Å². The summed E-state index contributed by atoms with van der Waals surface area (Å²) in [6.45, 7) is 5.75. The van der Waals surface area contributed by atoms with Crippen molar-refractivity contribution in [2.45, 2.75) is 51.3 Å². The Labute approximate surface area is 78.8 Å². The Balaban J connectivity index is 2.19. The first-order chi connectivity index (χ1) is 5.87. The van der Waals surface area contributed by atoms with Crippen LogP contribution >= 0.6 is 0 Å². The lowest BCUT2D eigenvalue weighted by molar-refractivity contribution is 0.0375. The van der Waals surface area contributed by atoms with Crippen LogP contribution in [-0.2, 0) is 4.74 Å². The molecule has 76 valence electrons. The molecular weight excluding hydrogens is 168 g/mol. The van der Waals surface area contributed by atoms with E-state index in [1.807, 2.05) is 20.8 Å². The van der Waals surface area contributed by atoms with Gasteiger partial charge in [-0.3, -0.25) is 0 Å². The Hall–Kier alpha value is -0.770. The molecule has 0 atom stereocenters. The van der Waals surface area contributed by atoms with Crippen molar-refractivity contribution >= 4 is 6.09 Å². The molecule has 0 aromatic heterocycles. The highest BCUT2D eigenvalue weighted by atomic mass is 16.6. The lowest BCUT2D eigenvalue weighted by Gasteiger charge is -2.32. The molecule has 1 rings (SSSR count). The molecule has 4 nitrogen and oxygen atoms in total. The average Bonchev–Trinajstić information content (AvgIpc) is 1.79. The van der Waals surface area contributed by atoms with E-state index in [-0.39, 0.29) is 23.8 Å². The number of ether oxygens (including phenoxy) is 1. The van der Waals surface area contributed by atoms with Crippen molar-refractivity contribution in [3.8, 4) is 0 Å². The third-order valence-electron chi connectivity index (χ3n) is 1.88. The highest BCUT2D eigenvalue weighted by molar-refractivity contribution is 5.68. The molecule has 1 aliphatic carbocycles. The van der Waals surface area contributed by atoms with Crippen LogP contribution in [0.2, 0.25) is 0 Å². The number of carbonyl (C=O) groups excluding carboxylic acids is 1. The second-order valence-electron chi connectivity index (χ2n) is 4.63. The molecule has 0 bridgehead atoms. The van der Waals surface area contributed by atoms with Crippen LogP contribution in [0.15, 0.2) is 0 Å². The first-order valence-corrected chi connectivity index (χ1v) is 4.61. The van der Waals surface area contributed by atoms with E-state index in [9.17, 15) is 4.79 Å². The number of hydrogen-bond acceptors (Lipinski definition) is 3. The van der Waals surface area contributed by atoms with Crippen LogP contribution in [0.4, 0.5) is 4.79 Å². The second kappa shape index (κ2) is 3.54. The first-order valence-electron chi connectivity index (χ1n) is 4.61. The van der Waals surface area contributed by atoms with Crippen molar-refractivity contribution in [1.82, 2.24) is 5.32 Å². The molecule has 4 heteroatoms. The predicted octanol–water partition coefficient (Wildman–Crippen LogP) is 1.00. The molecule has 0 radical (unpaired) electrons. The van der Waals surface area contributed by atoms with Gasteiger partial charge in [-0.2, -0.15) is 0 Å². The lowest BCUT2D eigenvalue weighted by Crippen LogP contribution is -2.47. The fraction of sp³-hybridized carbons (Fsp3) is 0.889. The molecule has 1 aliphatic rings. The third-order valence-corrected chi connectivity index (χ3v) is 1.88. The summed E-state index contributed by atoms with van der Waals surface area (Å²) in [5.41, 5.74) is 5.33. The van der Waals surface area contributed by atoms with Gasteiger partial charge in [0.1, 0.15) is 6.10 Å². The molecule has 0 aromatic carbocycles. The van der Waals surface area contributed by atoms with Gasteiger partial charge in [-0.15, -0.1) is 0 Å². The van der Waals surface area contributed by atoms with Crippen molar-refractivity contribution in [2.24, 2.45) is 5.73 Å². The number of nitrogens with two attached hydrogens (primary N) is 1. The largest absolute Gasteiger partial charge is 0.446 e. The Bertz CT molecular complexity index is 192. The topological polar surface area (TPSA) is 64.3 Å². The van der Waals surface area contributed by atoms with Gasteiger partial charge in [-0.25, -0.2) is 4.79 Å². The average molecular weight is 186 g/mol. The van der Waals surface area contributed by atoms with Crippen molar-refractivity contribution in [3.05, 3.63) is 0 Å². The SMILES string of the molecule is CC(C)(C)NC(=O)O[C@H]1C[C@@H](N)C1. The Kier molecular flexibility index (Phi) is 2.81. The molecule has 0 spiro atoms. The molecule has 1 saturated carbocycles. The number of hydrogen-bond donors (Lipinski definition) is 2. The third kappa shape index (κ3) is 3.63. The minimum Gasteiger partial charge on any atom is -0.446 e. The summed E-state index contributed by atoms with van der Waals surface area (Å²) in [5, 5.41) is 2.73. The molecule has 1 amide bonds. The van der Waals surface area contributed by atoms with Crippen LogP contribution in [0, 0.1) is 0 Å². The lowest BCUT2D eigenvalue weighted by atomic mass is 9.90. The maximum absolute atomic E-state index is 11.2. The predicted molar refractivity (Wildman–Crippen MR) is 50.4 cm³/mol. The van der Waals surface area contributed by atoms with Crippen LogP contribution in [0.1, 0.15) is 33.6 Å². The maximum Gasteiger partial charge on any atom is 0.407 e. The van der Waals surface area contributed by atoms with Gasteiger partial charge >= 0.3 is 6.09 Å². The molecule has 0 heterocycles. The minimum atomic E-state index is -0.343. The zero-order valence-electron chi connectivity index (χ0n) is 8.46. The Morgan fingerprint density at radius 3 is 2.38 bits per heavy atom. The summed E-state index contributed by atoms with van der Waals surface area (Å²) in [6.07, 6.45) is 1.26. The normalized spacial score (nSPS) is 27.7. The minimum absolute atomic E-state index is 0.0253. The molecule has 13 heavy (non-hydrogen) atoms. The van der Waals surface area contributed by atoms with Gasteiger partial charge < -0.3 is 15.8 Å². The highest BCUT2D eigenvalue weighted by Gasteiger charge is 2.30. The number of alkyl carbamates (subject to hydrolysis) is 1. The number of rotatable bonds is 1. The number of nitrogens with one attached hydrogen (secondary N) is 1. The summed E-state index contributed by atoms with van der Waals surface area (Å²) in [7, 11) is 0. The van der Waals surface area contributed by atoms with Crippen molar-refractivity contribution in [3.63, 3.8) is 0 Å². The molecule has 0 aliphatic heterocycles. The van der Waals surface area contributed by atoms with E-state index in [0.29, 0.717) is 0 Å². The number of amides is 1. The standard InChI is InChI=1S/C9H18N2O2/c1-9(2,3)11-8(12)13-7-4-6(10)5-7/h6-7H,4-5,10H2,1-3H3,(H,11,12)/t6-,7+. The quantitative estimate of drug-likeness (QED) is 0.642. The van der Waals surface area contributed by atoms with Gasteiger partial charge in [0.05, 0.1) is 0 Å². The Morgan fingerprint density at radius 2 is 2.00 bits per heavy atom. The van der Waals surface area contributed by atoms with Gasteiger partial charge in [0.2, 0.25) is 0 Å². The van der Waals surface area contributed by atoms with E-state index in [2.05, 4.69) is 5.32 Å². The van der Waals surface area contributed by atoms with Gasteiger partial charge in [-0.1, -0.05) is 0 Å². The highest BCUT2D eigenvalue weighted by Crippen LogP contribution is 2.21. The summed E-state index contributed by atoms with van der Waals surface area (Å²) in [5.74, 6) is 0. The van der Waals surface area contributed by atoms with Gasteiger partial charge in [0, 0.05) is 11.6 Å². The van der Waals surface area contributed by atoms with E-state index in [1.165, 1.54) is 0 Å². The molecule has 3 N–H and O–H groups in total. The van der Waals surface area contributed by atoms with Crippen LogP contribution in [0.3, 0.4) is 0 Å². The molecule has 0 saturated heterocycles. The van der Waals surface area contributed by atoms with E-state index in [0.717, 1.165) is 12.8 Å². The monoisotopic (exact) mass is 186 g/mol. The molecular formula is C9H18N2O2. The van der Waals surface area contributed by atoms with Crippen LogP contribution in [0.25, 0.3) is 0 Å². The van der Waals surface area contributed by atoms with Gasteiger partial charge in [-0.05, 0) is 33.6 Å². The summed E-state index contributed by atoms with van der Waals surface area (Å²) < 4.78 is 5.10. The number of carbonyl (C=O) groups is 1. The summed E-state index contributed by atoms with van der Waals surface area (Å²) in [6, 6.07) is 0.215. The van der Waals surface area contributed by atoms with Crippen molar-refractivity contribution in [2.75, 3.05) is 0 Å². The van der Waals surface area contributed by atoms with E-state index in [1.54, 1.807) is 0 Å². The zero-order chi connectivity index (χ0) is 10.1. The van der Waals surface area contributed by atoms with E-state index < -0.39 is 0 Å². The van der Waals surface area contributed by atoms with E-state index >= 15 is 0 Å². The fourth-order valence-corrected chi connectivity index (χ4v) is 1.19. The molecule has 0 unspecified atom stereocenters. The van der Waals surface area contributed by atoms with Crippen molar-refractivity contribution in [1.29, 1.82) is 0 Å². The fourth-order valence-electron chi connectivity index (χ4n) is 1.19. The summed E-state index contributed by atoms with van der Waals surface area (Å²) >= 11 is 0. The summed E-state index contributed by atoms with van der Waals surface area (Å²) in [4.78, 5) is 11.2. The van der Waals surface area contributed by atoms with Crippen LogP contribution in [-0.4, -0.2) is 23.8 Å².